The highest BCUT2D eigenvalue weighted by atomic mass is 16.4. The van der Waals surface area contributed by atoms with Crippen LogP contribution in [-0.4, -0.2) is 29.4 Å². The Morgan fingerprint density at radius 3 is 2.56 bits per heavy atom. The van der Waals surface area contributed by atoms with Crippen LogP contribution in [0.5, 0.6) is 0 Å². The van der Waals surface area contributed by atoms with E-state index in [4.69, 9.17) is 5.21 Å². The summed E-state index contributed by atoms with van der Waals surface area (Å²) in [6.07, 6.45) is 1.70. The Balaban J connectivity index is 1.55. The molecular weight excluding hydrogens is 200 g/mol. The van der Waals surface area contributed by atoms with Crippen molar-refractivity contribution in [1.82, 2.24) is 4.90 Å². The quantitative estimate of drug-likeness (QED) is 0.475. The van der Waals surface area contributed by atoms with Gasteiger partial charge in [-0.2, -0.15) is 0 Å². The van der Waals surface area contributed by atoms with Gasteiger partial charge < -0.3 is 5.21 Å². The average Bonchev–Trinajstić information content (AvgIpc) is 2.76. The van der Waals surface area contributed by atoms with Gasteiger partial charge in [0.1, 0.15) is 0 Å². The van der Waals surface area contributed by atoms with Crippen molar-refractivity contribution in [3.8, 4) is 0 Å². The van der Waals surface area contributed by atoms with Crippen molar-refractivity contribution in [3.05, 3.63) is 35.9 Å². The second kappa shape index (κ2) is 3.91. The molecule has 1 saturated heterocycles. The summed E-state index contributed by atoms with van der Waals surface area (Å²) in [5, 5.41) is 11.6. The smallest absolute Gasteiger partial charge is 0.0473 e. The van der Waals surface area contributed by atoms with Crippen molar-refractivity contribution < 1.29 is 5.21 Å². The van der Waals surface area contributed by atoms with Crippen LogP contribution in [0.25, 0.3) is 0 Å². The second-order valence-electron chi connectivity index (χ2n) is 4.85. The van der Waals surface area contributed by atoms with Gasteiger partial charge in [0.05, 0.1) is 0 Å². The molecule has 0 aromatic heterocycles. The highest BCUT2D eigenvalue weighted by Crippen LogP contribution is 2.50. The predicted octanol–water partition coefficient (Wildman–Crippen LogP) is 1.82. The number of nitrogens with zero attached hydrogens (tertiary/aromatic N) is 2. The van der Waals surface area contributed by atoms with Gasteiger partial charge in [-0.3, -0.25) is 4.90 Å². The van der Waals surface area contributed by atoms with Gasteiger partial charge in [-0.15, -0.1) is 5.16 Å². The molecule has 0 spiro atoms. The highest BCUT2D eigenvalue weighted by Gasteiger charge is 2.54. The third-order valence-electron chi connectivity index (χ3n) is 3.82. The highest BCUT2D eigenvalue weighted by molar-refractivity contribution is 5.65. The molecule has 1 aromatic rings. The van der Waals surface area contributed by atoms with Gasteiger partial charge in [0, 0.05) is 31.8 Å². The molecule has 1 aliphatic carbocycles. The van der Waals surface area contributed by atoms with E-state index in [1.807, 2.05) is 0 Å². The summed E-state index contributed by atoms with van der Waals surface area (Å²) in [4.78, 5) is 2.49. The van der Waals surface area contributed by atoms with E-state index in [0.717, 1.165) is 31.5 Å². The fraction of sp³-hybridized carbons (Fsp3) is 0.462. The van der Waals surface area contributed by atoms with Crippen molar-refractivity contribution in [2.24, 2.45) is 22.9 Å². The molecule has 1 heterocycles. The molecule has 1 N–H and O–H groups in total. The largest absolute Gasteiger partial charge is 0.411 e. The van der Waals surface area contributed by atoms with Crippen LogP contribution in [0, 0.1) is 17.8 Å². The maximum Gasteiger partial charge on any atom is 0.0473 e. The summed E-state index contributed by atoms with van der Waals surface area (Å²) < 4.78 is 0. The summed E-state index contributed by atoms with van der Waals surface area (Å²) >= 11 is 0. The number of piperidine rings is 1. The lowest BCUT2D eigenvalue weighted by Crippen LogP contribution is -2.24. The Kier molecular flexibility index (Phi) is 2.40. The first kappa shape index (κ1) is 9.85. The van der Waals surface area contributed by atoms with Crippen LogP contribution in [0.2, 0.25) is 0 Å². The first-order valence-corrected chi connectivity index (χ1v) is 5.82. The minimum absolute atomic E-state index is 0.539. The first-order valence-electron chi connectivity index (χ1n) is 5.82. The minimum atomic E-state index is 0.539. The van der Waals surface area contributed by atoms with Gasteiger partial charge in [-0.1, -0.05) is 30.3 Å². The van der Waals surface area contributed by atoms with E-state index < -0.39 is 0 Å². The van der Waals surface area contributed by atoms with Gasteiger partial charge >= 0.3 is 0 Å². The van der Waals surface area contributed by atoms with Gasteiger partial charge in [-0.25, -0.2) is 0 Å². The van der Waals surface area contributed by atoms with Crippen LogP contribution < -0.4 is 0 Å². The fourth-order valence-corrected chi connectivity index (χ4v) is 2.93. The Morgan fingerprint density at radius 1 is 1.25 bits per heavy atom. The van der Waals surface area contributed by atoms with E-state index >= 15 is 0 Å². The molecule has 84 valence electrons. The number of hydrogen-bond donors (Lipinski definition) is 1. The fourth-order valence-electron chi connectivity index (χ4n) is 2.93. The predicted molar refractivity (Wildman–Crippen MR) is 62.5 cm³/mol. The van der Waals surface area contributed by atoms with Crippen LogP contribution >= 0.6 is 0 Å². The number of benzene rings is 1. The minimum Gasteiger partial charge on any atom is -0.411 e. The van der Waals surface area contributed by atoms with E-state index in [1.165, 1.54) is 5.56 Å². The lowest BCUT2D eigenvalue weighted by molar-refractivity contribution is 0.286. The lowest BCUT2D eigenvalue weighted by Gasteiger charge is -2.18. The molecule has 1 aliphatic heterocycles. The Bertz CT molecular complexity index is 378. The Labute approximate surface area is 95.4 Å². The zero-order chi connectivity index (χ0) is 11.0. The van der Waals surface area contributed by atoms with Crippen molar-refractivity contribution in [1.29, 1.82) is 0 Å². The Hall–Kier alpha value is -1.35. The van der Waals surface area contributed by atoms with E-state index in [-0.39, 0.29) is 0 Å². The molecule has 3 rings (SSSR count). The third kappa shape index (κ3) is 1.71. The molecule has 16 heavy (non-hydrogen) atoms. The van der Waals surface area contributed by atoms with E-state index in [0.29, 0.717) is 5.92 Å². The number of hydrogen-bond acceptors (Lipinski definition) is 3. The summed E-state index contributed by atoms with van der Waals surface area (Å²) in [7, 11) is 0. The van der Waals surface area contributed by atoms with Gasteiger partial charge in [0.25, 0.3) is 0 Å². The van der Waals surface area contributed by atoms with Crippen LogP contribution in [-0.2, 0) is 6.54 Å². The molecule has 1 aromatic carbocycles. The van der Waals surface area contributed by atoms with Crippen molar-refractivity contribution >= 4 is 6.21 Å². The zero-order valence-electron chi connectivity index (χ0n) is 9.16. The molecular formula is C13H16N2O. The number of rotatable bonds is 3. The van der Waals surface area contributed by atoms with Crippen LogP contribution in [0.15, 0.2) is 35.5 Å². The first-order chi connectivity index (χ1) is 7.88. The standard InChI is InChI=1S/C13H16N2O/c16-14-6-11-12-8-15(9-13(11)12)7-10-4-2-1-3-5-10/h1-6,11-13,16H,7-9H2/b14-6+/t11?,12-,13+. The maximum absolute atomic E-state index is 8.49. The van der Waals surface area contributed by atoms with Crippen LogP contribution in [0.4, 0.5) is 0 Å². The zero-order valence-corrected chi connectivity index (χ0v) is 9.16. The van der Waals surface area contributed by atoms with Gasteiger partial charge in [-0.05, 0) is 17.4 Å². The molecule has 1 saturated carbocycles. The number of likely N-dealkylation sites (tertiary alicyclic amines) is 1. The molecule has 0 radical (unpaired) electrons. The Morgan fingerprint density at radius 2 is 1.94 bits per heavy atom. The molecule has 3 nitrogen and oxygen atoms in total. The van der Waals surface area contributed by atoms with Gasteiger partial charge in [0.15, 0.2) is 0 Å². The third-order valence-corrected chi connectivity index (χ3v) is 3.82. The molecule has 2 aliphatic rings. The number of oxime groups is 1. The van der Waals surface area contributed by atoms with E-state index in [9.17, 15) is 0 Å². The van der Waals surface area contributed by atoms with Crippen molar-refractivity contribution in [2.75, 3.05) is 13.1 Å². The summed E-state index contributed by atoms with van der Waals surface area (Å²) in [5.74, 6) is 2.01. The number of fused-ring (bicyclic) bond motifs is 1. The molecule has 2 fully saturated rings. The summed E-state index contributed by atoms with van der Waals surface area (Å²) in [5.41, 5.74) is 1.39. The normalized spacial score (nSPS) is 33.1. The SMILES string of the molecule is O/N=C/C1[C@H]2CN(Cc3ccccc3)C[C@@H]12. The topological polar surface area (TPSA) is 35.8 Å². The van der Waals surface area contributed by atoms with Gasteiger partial charge in [0.2, 0.25) is 0 Å². The molecule has 3 heteroatoms. The van der Waals surface area contributed by atoms with Crippen LogP contribution in [0.1, 0.15) is 5.56 Å². The second-order valence-corrected chi connectivity index (χ2v) is 4.85. The van der Waals surface area contributed by atoms with Crippen molar-refractivity contribution in [3.63, 3.8) is 0 Å². The molecule has 0 amide bonds. The molecule has 3 atom stereocenters. The van der Waals surface area contributed by atoms with E-state index in [2.05, 4.69) is 40.4 Å². The van der Waals surface area contributed by atoms with E-state index in [1.54, 1.807) is 6.21 Å². The maximum atomic E-state index is 8.49. The van der Waals surface area contributed by atoms with Crippen molar-refractivity contribution in [2.45, 2.75) is 6.54 Å². The summed E-state index contributed by atoms with van der Waals surface area (Å²) in [6.45, 7) is 3.35. The average molecular weight is 216 g/mol. The molecule has 0 bridgehead atoms. The summed E-state index contributed by atoms with van der Waals surface area (Å²) in [6, 6.07) is 10.6. The molecule has 1 unspecified atom stereocenters. The van der Waals surface area contributed by atoms with Crippen LogP contribution in [0.3, 0.4) is 0 Å². The monoisotopic (exact) mass is 216 g/mol. The lowest BCUT2D eigenvalue weighted by atomic mass is 10.2.